The van der Waals surface area contributed by atoms with Crippen molar-refractivity contribution in [3.63, 3.8) is 0 Å². The summed E-state index contributed by atoms with van der Waals surface area (Å²) in [6.45, 7) is 7.30. The number of piperazine rings is 1. The fourth-order valence-electron chi connectivity index (χ4n) is 3.30. The zero-order valence-electron chi connectivity index (χ0n) is 14.5. The van der Waals surface area contributed by atoms with Crippen LogP contribution in [0.5, 0.6) is 0 Å². The van der Waals surface area contributed by atoms with Crippen molar-refractivity contribution in [2.45, 2.75) is 38.0 Å². The van der Waals surface area contributed by atoms with Crippen LogP contribution in [0.3, 0.4) is 0 Å². The molecule has 3 rings (SSSR count). The van der Waals surface area contributed by atoms with Crippen LogP contribution < -0.4 is 5.32 Å². The number of nitrogens with zero attached hydrogens (tertiary/aromatic N) is 2. The summed E-state index contributed by atoms with van der Waals surface area (Å²) in [6.07, 6.45) is 0.974. The van der Waals surface area contributed by atoms with Gasteiger partial charge in [0.25, 0.3) is 5.91 Å². The highest BCUT2D eigenvalue weighted by atomic mass is 16.3. The number of aliphatic hydroxyl groups is 1. The number of hydrogen-bond acceptors (Lipinski definition) is 5. The van der Waals surface area contributed by atoms with Crippen LogP contribution in [0.4, 0.5) is 0 Å². The average molecular weight is 331 g/mol. The zero-order valence-corrected chi connectivity index (χ0v) is 14.5. The van der Waals surface area contributed by atoms with Gasteiger partial charge in [-0.05, 0) is 45.4 Å². The van der Waals surface area contributed by atoms with Gasteiger partial charge in [-0.2, -0.15) is 0 Å². The maximum absolute atomic E-state index is 12.4. The van der Waals surface area contributed by atoms with E-state index >= 15 is 0 Å². The first-order chi connectivity index (χ1) is 11.3. The van der Waals surface area contributed by atoms with Crippen molar-refractivity contribution in [3.05, 3.63) is 23.7 Å². The third-order valence-corrected chi connectivity index (χ3v) is 4.48. The molecule has 130 valence electrons. The van der Waals surface area contributed by atoms with Crippen molar-refractivity contribution < 1.29 is 14.3 Å². The van der Waals surface area contributed by atoms with Gasteiger partial charge in [-0.3, -0.25) is 9.69 Å². The van der Waals surface area contributed by atoms with Gasteiger partial charge in [0, 0.05) is 38.3 Å². The van der Waals surface area contributed by atoms with Crippen LogP contribution in [0.2, 0.25) is 0 Å². The maximum atomic E-state index is 12.4. The smallest absolute Gasteiger partial charge is 0.287 e. The third kappa shape index (κ3) is 4.18. The van der Waals surface area contributed by atoms with E-state index in [2.05, 4.69) is 34.0 Å². The molecule has 0 radical (unpaired) electrons. The molecule has 0 saturated carbocycles. The van der Waals surface area contributed by atoms with Crippen LogP contribution in [0.15, 0.2) is 16.5 Å². The number of nitrogens with one attached hydrogen (secondary N) is 1. The molecule has 2 saturated heterocycles. The van der Waals surface area contributed by atoms with Crippen molar-refractivity contribution in [2.24, 2.45) is 0 Å². The number of rotatable bonds is 2. The lowest BCUT2D eigenvalue weighted by Crippen LogP contribution is -2.48. The minimum Gasteiger partial charge on any atom is -0.443 e. The molecule has 0 aliphatic carbocycles. The van der Waals surface area contributed by atoms with Crippen LogP contribution >= 0.6 is 0 Å². The average Bonchev–Trinajstić information content (AvgIpc) is 3.10. The van der Waals surface area contributed by atoms with E-state index in [-0.39, 0.29) is 17.7 Å². The molecular formula is C18H25N3O3. The van der Waals surface area contributed by atoms with Gasteiger partial charge in [0.15, 0.2) is 11.5 Å². The molecule has 3 heterocycles. The lowest BCUT2D eigenvalue weighted by molar-refractivity contribution is 0.0908. The van der Waals surface area contributed by atoms with E-state index in [0.29, 0.717) is 11.8 Å². The molecule has 2 atom stereocenters. The summed E-state index contributed by atoms with van der Waals surface area (Å²) in [5, 5.41) is 12.7. The van der Waals surface area contributed by atoms with E-state index in [1.807, 2.05) is 0 Å². The minimum atomic E-state index is -1.09. The van der Waals surface area contributed by atoms with E-state index in [1.54, 1.807) is 26.0 Å². The normalized spacial score (nSPS) is 25.0. The van der Waals surface area contributed by atoms with Crippen LogP contribution in [0.25, 0.3) is 0 Å². The van der Waals surface area contributed by atoms with E-state index in [0.717, 1.165) is 32.6 Å². The summed E-state index contributed by atoms with van der Waals surface area (Å²) in [5.41, 5.74) is -1.09. The number of carbonyl (C=O) groups is 1. The van der Waals surface area contributed by atoms with Gasteiger partial charge >= 0.3 is 0 Å². The van der Waals surface area contributed by atoms with Crippen LogP contribution in [-0.4, -0.2) is 71.7 Å². The van der Waals surface area contributed by atoms with Crippen molar-refractivity contribution >= 4 is 5.91 Å². The largest absolute Gasteiger partial charge is 0.443 e. The summed E-state index contributed by atoms with van der Waals surface area (Å²) < 4.78 is 5.47. The topological polar surface area (TPSA) is 69.0 Å². The third-order valence-electron chi connectivity index (χ3n) is 4.48. The molecule has 0 bridgehead atoms. The van der Waals surface area contributed by atoms with E-state index in [4.69, 9.17) is 4.42 Å². The Morgan fingerprint density at radius 2 is 2.17 bits per heavy atom. The van der Waals surface area contributed by atoms with E-state index in [9.17, 15) is 9.90 Å². The second-order valence-electron chi connectivity index (χ2n) is 7.29. The SMILES string of the molecule is CN1CCN2C[C@@H](NC(=O)c3ccc(C#CC(C)(C)O)o3)C[C@H]2C1. The number of hydrogen-bond donors (Lipinski definition) is 2. The minimum absolute atomic E-state index is 0.157. The molecule has 6 nitrogen and oxygen atoms in total. The standard InChI is InChI=1S/C18H25N3O3/c1-18(2,23)7-6-15-4-5-16(24-15)17(22)19-13-10-14-12-20(3)8-9-21(14)11-13/h4-5,13-14,23H,8-12H2,1-3H3,(H,19,22)/t13-,14-/m0/s1. The van der Waals surface area contributed by atoms with Gasteiger partial charge < -0.3 is 19.7 Å². The quantitative estimate of drug-likeness (QED) is 0.774. The van der Waals surface area contributed by atoms with Crippen LogP contribution in [0, 0.1) is 11.8 Å². The first-order valence-electron chi connectivity index (χ1n) is 8.39. The first-order valence-corrected chi connectivity index (χ1v) is 8.39. The molecule has 1 aromatic heterocycles. The monoisotopic (exact) mass is 331 g/mol. The summed E-state index contributed by atoms with van der Waals surface area (Å²) in [6, 6.07) is 3.96. The lowest BCUT2D eigenvalue weighted by Gasteiger charge is -2.34. The van der Waals surface area contributed by atoms with Gasteiger partial charge in [-0.15, -0.1) is 0 Å². The molecule has 6 heteroatoms. The van der Waals surface area contributed by atoms with Crippen molar-refractivity contribution in [1.29, 1.82) is 0 Å². The molecule has 2 aliphatic rings. The summed E-state index contributed by atoms with van der Waals surface area (Å²) in [4.78, 5) is 17.1. The number of amides is 1. The van der Waals surface area contributed by atoms with E-state index < -0.39 is 5.60 Å². The predicted molar refractivity (Wildman–Crippen MR) is 90.6 cm³/mol. The molecule has 2 N–H and O–H groups in total. The Labute approximate surface area is 142 Å². The Kier molecular flexibility index (Phi) is 4.68. The lowest BCUT2D eigenvalue weighted by atomic mass is 10.1. The molecule has 0 unspecified atom stereocenters. The highest BCUT2D eigenvalue weighted by Crippen LogP contribution is 2.22. The molecule has 1 amide bonds. The summed E-state index contributed by atoms with van der Waals surface area (Å²) in [7, 11) is 2.14. The van der Waals surface area contributed by atoms with E-state index in [1.165, 1.54) is 0 Å². The molecule has 24 heavy (non-hydrogen) atoms. The Balaban J connectivity index is 1.58. The summed E-state index contributed by atoms with van der Waals surface area (Å²) >= 11 is 0. The number of fused-ring (bicyclic) bond motifs is 1. The Bertz CT molecular complexity index is 665. The van der Waals surface area contributed by atoms with Crippen molar-refractivity contribution in [2.75, 3.05) is 33.2 Å². The second kappa shape index (κ2) is 6.60. The van der Waals surface area contributed by atoms with Gasteiger partial charge in [-0.25, -0.2) is 0 Å². The van der Waals surface area contributed by atoms with Crippen LogP contribution in [0.1, 0.15) is 36.6 Å². The Hall–Kier alpha value is -1.81. The first kappa shape index (κ1) is 17.0. The molecule has 1 aromatic rings. The number of furan rings is 1. The van der Waals surface area contributed by atoms with Gasteiger partial charge in [-0.1, -0.05) is 5.92 Å². The van der Waals surface area contributed by atoms with Crippen molar-refractivity contribution in [1.82, 2.24) is 15.1 Å². The fraction of sp³-hybridized carbons (Fsp3) is 0.611. The van der Waals surface area contributed by atoms with Crippen LogP contribution in [-0.2, 0) is 0 Å². The van der Waals surface area contributed by atoms with Crippen molar-refractivity contribution in [3.8, 4) is 11.8 Å². The van der Waals surface area contributed by atoms with Gasteiger partial charge in [0.1, 0.15) is 5.60 Å². The fourth-order valence-corrected chi connectivity index (χ4v) is 3.30. The predicted octanol–water partition coefficient (Wildman–Crippen LogP) is 0.520. The second-order valence-corrected chi connectivity index (χ2v) is 7.29. The maximum Gasteiger partial charge on any atom is 0.287 e. The highest BCUT2D eigenvalue weighted by Gasteiger charge is 2.36. The summed E-state index contributed by atoms with van der Waals surface area (Å²) in [5.74, 6) is 5.85. The molecule has 2 aliphatic heterocycles. The molecule has 2 fully saturated rings. The van der Waals surface area contributed by atoms with Gasteiger partial charge in [0.2, 0.25) is 0 Å². The zero-order chi connectivity index (χ0) is 17.3. The highest BCUT2D eigenvalue weighted by molar-refractivity contribution is 5.91. The molecular weight excluding hydrogens is 306 g/mol. The molecule has 0 spiro atoms. The number of carbonyl (C=O) groups excluding carboxylic acids is 1. The Morgan fingerprint density at radius 1 is 1.38 bits per heavy atom. The Morgan fingerprint density at radius 3 is 2.92 bits per heavy atom. The van der Waals surface area contributed by atoms with Gasteiger partial charge in [0.05, 0.1) is 0 Å². The number of likely N-dealkylation sites (N-methyl/N-ethyl adjacent to an activating group) is 1. The molecule has 0 aromatic carbocycles.